The fourth-order valence-electron chi connectivity index (χ4n) is 1.02. The fraction of sp³-hybridized carbons (Fsp3) is 0.500. The van der Waals surface area contributed by atoms with Crippen LogP contribution in [0.3, 0.4) is 0 Å². The summed E-state index contributed by atoms with van der Waals surface area (Å²) in [5, 5.41) is 14.1. The average Bonchev–Trinajstić information content (AvgIpc) is 2.29. The number of sulfone groups is 1. The second kappa shape index (κ2) is 3.37. The lowest BCUT2D eigenvalue weighted by Gasteiger charge is -1.98. The van der Waals surface area contributed by atoms with Crippen molar-refractivity contribution in [2.75, 3.05) is 6.26 Å². The summed E-state index contributed by atoms with van der Waals surface area (Å²) in [6, 6.07) is 0. The van der Waals surface area contributed by atoms with Crippen LogP contribution in [-0.4, -0.2) is 29.4 Å². The summed E-state index contributed by atoms with van der Waals surface area (Å²) in [4.78, 5) is 9.83. The Kier molecular flexibility index (Phi) is 2.56. The molecular weight excluding hydrogens is 210 g/mol. The smallest absolute Gasteiger partial charge is 0.264 e. The molecule has 0 N–H and O–H groups in total. The zero-order valence-electron chi connectivity index (χ0n) is 7.67. The van der Waals surface area contributed by atoms with Gasteiger partial charge in [0.25, 0.3) is 0 Å². The van der Waals surface area contributed by atoms with E-state index in [9.17, 15) is 18.5 Å². The minimum Gasteiger partial charge on any atom is -0.264 e. The minimum atomic E-state index is -3.29. The molecule has 0 spiro atoms. The number of aromatic nitrogens is 2. The molecule has 0 aliphatic carbocycles. The molecule has 0 aliphatic heterocycles. The Hall–Kier alpha value is -1.44. The Morgan fingerprint density at radius 3 is 2.64 bits per heavy atom. The van der Waals surface area contributed by atoms with Gasteiger partial charge in [-0.2, -0.15) is 5.10 Å². The van der Waals surface area contributed by atoms with Gasteiger partial charge in [0.2, 0.25) is 0 Å². The summed E-state index contributed by atoms with van der Waals surface area (Å²) in [6.07, 6.45) is 2.06. The van der Waals surface area contributed by atoms with Gasteiger partial charge < -0.3 is 0 Å². The Balaban J connectivity index is 3.19. The van der Waals surface area contributed by atoms with Crippen LogP contribution in [0.5, 0.6) is 0 Å². The highest BCUT2D eigenvalue weighted by atomic mass is 32.2. The molecule has 0 aliphatic rings. The minimum absolute atomic E-state index is 0.0949. The van der Waals surface area contributed by atoms with E-state index < -0.39 is 14.8 Å². The van der Waals surface area contributed by atoms with Crippen molar-refractivity contribution < 1.29 is 13.3 Å². The lowest BCUT2D eigenvalue weighted by Crippen LogP contribution is -2.08. The number of hydrogen-bond acceptors (Lipinski definition) is 5. The molecule has 1 aromatic heterocycles. The normalized spacial score (nSPS) is 11.6. The van der Waals surface area contributed by atoms with Crippen molar-refractivity contribution in [3.05, 3.63) is 22.0 Å². The van der Waals surface area contributed by atoms with Gasteiger partial charge in [-0.05, 0) is 0 Å². The summed E-state index contributed by atoms with van der Waals surface area (Å²) >= 11 is 0. The molecule has 1 heterocycles. The van der Waals surface area contributed by atoms with Crippen LogP contribution in [0.1, 0.15) is 5.69 Å². The van der Waals surface area contributed by atoms with Crippen LogP contribution in [0, 0.1) is 10.1 Å². The van der Waals surface area contributed by atoms with Gasteiger partial charge in [0, 0.05) is 13.3 Å². The Bertz CT molecular complexity index is 461. The van der Waals surface area contributed by atoms with Crippen LogP contribution < -0.4 is 0 Å². The topological polar surface area (TPSA) is 95.1 Å². The SMILES string of the molecule is Cn1ncc([N+](=O)[O-])c1CS(C)(=O)=O. The van der Waals surface area contributed by atoms with Gasteiger partial charge >= 0.3 is 5.69 Å². The Morgan fingerprint density at radius 1 is 1.64 bits per heavy atom. The maximum absolute atomic E-state index is 11.0. The quantitative estimate of drug-likeness (QED) is 0.521. The van der Waals surface area contributed by atoms with E-state index in [1.807, 2.05) is 0 Å². The second-order valence-electron chi connectivity index (χ2n) is 2.93. The lowest BCUT2D eigenvalue weighted by atomic mass is 10.4. The van der Waals surface area contributed by atoms with Gasteiger partial charge in [0.1, 0.15) is 11.9 Å². The molecule has 0 fully saturated rings. The molecule has 78 valence electrons. The highest BCUT2D eigenvalue weighted by molar-refractivity contribution is 7.89. The summed E-state index contributed by atoms with van der Waals surface area (Å²) in [6.45, 7) is 0. The van der Waals surface area contributed by atoms with E-state index in [-0.39, 0.29) is 17.1 Å². The van der Waals surface area contributed by atoms with E-state index in [0.717, 1.165) is 12.5 Å². The molecule has 1 aromatic rings. The van der Waals surface area contributed by atoms with Gasteiger partial charge in [0.05, 0.1) is 10.7 Å². The number of hydrogen-bond donors (Lipinski definition) is 0. The summed E-state index contributed by atoms with van der Waals surface area (Å²) < 4.78 is 23.1. The van der Waals surface area contributed by atoms with Crippen molar-refractivity contribution >= 4 is 15.5 Å². The monoisotopic (exact) mass is 219 g/mol. The summed E-state index contributed by atoms with van der Waals surface area (Å²) in [5.41, 5.74) is -0.171. The molecular formula is C6H9N3O4S. The number of aryl methyl sites for hydroxylation is 1. The first-order valence-electron chi connectivity index (χ1n) is 3.64. The van der Waals surface area contributed by atoms with E-state index in [1.165, 1.54) is 11.7 Å². The van der Waals surface area contributed by atoms with Crippen LogP contribution in [0.2, 0.25) is 0 Å². The molecule has 0 saturated heterocycles. The number of nitrogens with zero attached hydrogens (tertiary/aromatic N) is 3. The van der Waals surface area contributed by atoms with E-state index in [1.54, 1.807) is 0 Å². The predicted molar refractivity (Wildman–Crippen MR) is 48.4 cm³/mol. The Morgan fingerprint density at radius 2 is 2.21 bits per heavy atom. The van der Waals surface area contributed by atoms with Crippen LogP contribution >= 0.6 is 0 Å². The van der Waals surface area contributed by atoms with Crippen molar-refractivity contribution in [3.63, 3.8) is 0 Å². The third-order valence-corrected chi connectivity index (χ3v) is 2.43. The second-order valence-corrected chi connectivity index (χ2v) is 5.07. The molecule has 0 saturated carbocycles. The third-order valence-electron chi connectivity index (χ3n) is 1.64. The number of nitro groups is 1. The van der Waals surface area contributed by atoms with Gasteiger partial charge in [0.15, 0.2) is 9.84 Å². The van der Waals surface area contributed by atoms with E-state index in [4.69, 9.17) is 0 Å². The largest absolute Gasteiger partial charge is 0.311 e. The third kappa shape index (κ3) is 2.28. The molecule has 0 unspecified atom stereocenters. The van der Waals surface area contributed by atoms with Crippen LogP contribution in [-0.2, 0) is 22.6 Å². The first-order valence-corrected chi connectivity index (χ1v) is 5.70. The first kappa shape index (κ1) is 10.6. The zero-order chi connectivity index (χ0) is 10.9. The Labute approximate surface area is 80.4 Å². The molecule has 0 bridgehead atoms. The van der Waals surface area contributed by atoms with Crippen molar-refractivity contribution in [2.45, 2.75) is 5.75 Å². The molecule has 7 nitrogen and oxygen atoms in total. The summed E-state index contributed by atoms with van der Waals surface area (Å²) in [5.74, 6) is -0.375. The fourth-order valence-corrected chi connectivity index (χ4v) is 1.85. The molecule has 0 atom stereocenters. The van der Waals surface area contributed by atoms with Gasteiger partial charge in [-0.25, -0.2) is 8.42 Å². The van der Waals surface area contributed by atoms with Gasteiger partial charge in [-0.3, -0.25) is 14.8 Å². The lowest BCUT2D eigenvalue weighted by molar-refractivity contribution is -0.385. The maximum Gasteiger partial charge on any atom is 0.311 e. The zero-order valence-corrected chi connectivity index (χ0v) is 8.48. The van der Waals surface area contributed by atoms with E-state index >= 15 is 0 Å². The van der Waals surface area contributed by atoms with E-state index in [0.29, 0.717) is 0 Å². The van der Waals surface area contributed by atoms with Crippen LogP contribution in [0.15, 0.2) is 6.20 Å². The highest BCUT2D eigenvalue weighted by Crippen LogP contribution is 2.18. The van der Waals surface area contributed by atoms with Gasteiger partial charge in [-0.15, -0.1) is 0 Å². The maximum atomic E-state index is 11.0. The standard InChI is InChI=1S/C6H9N3O4S/c1-8-6(4-14(2,12)13)5(3-7-8)9(10)11/h3H,4H2,1-2H3. The number of rotatable bonds is 3. The molecule has 8 heteroatoms. The average molecular weight is 219 g/mol. The molecule has 0 aromatic carbocycles. The van der Waals surface area contributed by atoms with Crippen LogP contribution in [0.4, 0.5) is 5.69 Å². The predicted octanol–water partition coefficient (Wildman–Crippen LogP) is -0.127. The molecule has 1 rings (SSSR count). The molecule has 0 radical (unpaired) electrons. The van der Waals surface area contributed by atoms with E-state index in [2.05, 4.69) is 5.10 Å². The summed E-state index contributed by atoms with van der Waals surface area (Å²) in [7, 11) is -1.83. The first-order chi connectivity index (χ1) is 6.31. The molecule has 0 amide bonds. The molecule has 14 heavy (non-hydrogen) atoms. The van der Waals surface area contributed by atoms with Crippen molar-refractivity contribution in [3.8, 4) is 0 Å². The van der Waals surface area contributed by atoms with Crippen LogP contribution in [0.25, 0.3) is 0 Å². The van der Waals surface area contributed by atoms with Crippen molar-refractivity contribution in [1.82, 2.24) is 9.78 Å². The highest BCUT2D eigenvalue weighted by Gasteiger charge is 2.21. The van der Waals surface area contributed by atoms with Gasteiger partial charge in [-0.1, -0.05) is 0 Å². The van der Waals surface area contributed by atoms with Crippen molar-refractivity contribution in [1.29, 1.82) is 0 Å². The van der Waals surface area contributed by atoms with Crippen molar-refractivity contribution in [2.24, 2.45) is 7.05 Å².